The van der Waals surface area contributed by atoms with Crippen LogP contribution in [0.2, 0.25) is 0 Å². The van der Waals surface area contributed by atoms with E-state index in [4.69, 9.17) is 24.2 Å². The number of hydrogen-bond donors (Lipinski definition) is 0. The van der Waals surface area contributed by atoms with Gasteiger partial charge in [0.15, 0.2) is 23.0 Å². The molecule has 1 aliphatic heterocycles. The lowest BCUT2D eigenvalue weighted by molar-refractivity contribution is -0.140. The summed E-state index contributed by atoms with van der Waals surface area (Å²) in [7, 11) is 0.585. The van der Waals surface area contributed by atoms with Gasteiger partial charge in [0.1, 0.15) is 0 Å². The normalized spacial score (nSPS) is 14.9. The summed E-state index contributed by atoms with van der Waals surface area (Å²) in [5.41, 5.74) is 0.385. The highest BCUT2D eigenvalue weighted by Crippen LogP contribution is 2.33. The zero-order chi connectivity index (χ0) is 23.3. The van der Waals surface area contributed by atoms with Crippen molar-refractivity contribution in [2.75, 3.05) is 34.4 Å². The van der Waals surface area contributed by atoms with Gasteiger partial charge in [0.2, 0.25) is 10.0 Å². The van der Waals surface area contributed by atoms with Crippen LogP contribution in [0.25, 0.3) is 0 Å². The summed E-state index contributed by atoms with van der Waals surface area (Å²) in [6, 6.07) is 10.9. The Morgan fingerprint density at radius 1 is 0.938 bits per heavy atom. The number of rotatable bonds is 7. The van der Waals surface area contributed by atoms with Gasteiger partial charge in [-0.05, 0) is 37.1 Å². The number of piperidine rings is 1. The lowest BCUT2D eigenvalue weighted by atomic mass is 9.98. The van der Waals surface area contributed by atoms with Gasteiger partial charge in [-0.3, -0.25) is 4.79 Å². The van der Waals surface area contributed by atoms with Gasteiger partial charge in [0.05, 0.1) is 43.8 Å². The van der Waals surface area contributed by atoms with Crippen molar-refractivity contribution in [1.29, 1.82) is 5.26 Å². The zero-order valence-corrected chi connectivity index (χ0v) is 18.8. The number of carbonyl (C=O) groups is 1. The highest BCUT2D eigenvalue weighted by Gasteiger charge is 2.33. The molecule has 32 heavy (non-hydrogen) atoms. The predicted octanol–water partition coefficient (Wildman–Crippen LogP) is 2.59. The molecule has 170 valence electrons. The van der Waals surface area contributed by atoms with Crippen LogP contribution in [0.4, 0.5) is 0 Å². The SMILES string of the molecule is COc1ccc(S(=O)(=O)N2CCC(C(=O)Oc3ccc(C#N)cc3OC)CC2)cc1OC. The fraction of sp³-hybridized carbons (Fsp3) is 0.364. The van der Waals surface area contributed by atoms with Gasteiger partial charge < -0.3 is 18.9 Å². The molecular formula is C22H24N2O7S. The minimum Gasteiger partial charge on any atom is -0.493 e. The number of nitrogens with zero attached hydrogens (tertiary/aromatic N) is 2. The first kappa shape index (κ1) is 23.4. The second-order valence-corrected chi connectivity index (χ2v) is 9.03. The Morgan fingerprint density at radius 3 is 2.12 bits per heavy atom. The van der Waals surface area contributed by atoms with Crippen molar-refractivity contribution in [1.82, 2.24) is 4.31 Å². The fourth-order valence-electron chi connectivity index (χ4n) is 3.47. The summed E-state index contributed by atoms with van der Waals surface area (Å²) in [4.78, 5) is 12.7. The number of hydrogen-bond acceptors (Lipinski definition) is 8. The van der Waals surface area contributed by atoms with E-state index in [2.05, 4.69) is 0 Å². The van der Waals surface area contributed by atoms with E-state index >= 15 is 0 Å². The lowest BCUT2D eigenvalue weighted by Gasteiger charge is -2.30. The van der Waals surface area contributed by atoms with Gasteiger partial charge in [-0.1, -0.05) is 0 Å². The highest BCUT2D eigenvalue weighted by molar-refractivity contribution is 7.89. The average Bonchev–Trinajstić information content (AvgIpc) is 2.83. The molecule has 0 saturated carbocycles. The maximum absolute atomic E-state index is 13.0. The standard InChI is InChI=1S/C22H24N2O7S/c1-28-18-7-5-17(13-21(18)30-3)32(26,27)24-10-8-16(9-11-24)22(25)31-19-6-4-15(14-23)12-20(19)29-2/h4-7,12-13,16H,8-11H2,1-3H3. The van der Waals surface area contributed by atoms with Gasteiger partial charge in [0, 0.05) is 25.2 Å². The van der Waals surface area contributed by atoms with E-state index in [1.54, 1.807) is 6.07 Å². The molecule has 1 fully saturated rings. The van der Waals surface area contributed by atoms with Crippen LogP contribution >= 0.6 is 0 Å². The molecule has 3 rings (SSSR count). The van der Waals surface area contributed by atoms with Gasteiger partial charge in [-0.25, -0.2) is 8.42 Å². The van der Waals surface area contributed by atoms with Crippen molar-refractivity contribution >= 4 is 16.0 Å². The molecule has 1 heterocycles. The molecule has 2 aromatic carbocycles. The van der Waals surface area contributed by atoms with Gasteiger partial charge >= 0.3 is 5.97 Å². The minimum atomic E-state index is -3.75. The van der Waals surface area contributed by atoms with Crippen molar-refractivity contribution in [3.05, 3.63) is 42.0 Å². The van der Waals surface area contributed by atoms with Crippen LogP contribution < -0.4 is 18.9 Å². The quantitative estimate of drug-likeness (QED) is 0.457. The van der Waals surface area contributed by atoms with Crippen molar-refractivity contribution in [2.24, 2.45) is 5.92 Å². The van der Waals surface area contributed by atoms with Crippen molar-refractivity contribution in [2.45, 2.75) is 17.7 Å². The average molecular weight is 461 g/mol. The Morgan fingerprint density at radius 2 is 1.53 bits per heavy atom. The maximum atomic E-state index is 13.0. The number of carbonyl (C=O) groups excluding carboxylic acids is 1. The van der Waals surface area contributed by atoms with Crippen LogP contribution in [-0.4, -0.2) is 53.1 Å². The first-order chi connectivity index (χ1) is 15.3. The van der Waals surface area contributed by atoms with E-state index < -0.39 is 21.9 Å². The third-order valence-electron chi connectivity index (χ3n) is 5.28. The molecule has 10 heteroatoms. The molecule has 9 nitrogen and oxygen atoms in total. The van der Waals surface area contributed by atoms with Crippen molar-refractivity contribution < 1.29 is 32.2 Å². The molecule has 1 saturated heterocycles. The Kier molecular flexibility index (Phi) is 7.22. The minimum absolute atomic E-state index is 0.0958. The Hall–Kier alpha value is -3.29. The molecule has 0 aliphatic carbocycles. The van der Waals surface area contributed by atoms with Crippen molar-refractivity contribution in [3.8, 4) is 29.1 Å². The predicted molar refractivity (Wildman–Crippen MR) is 114 cm³/mol. The molecule has 0 N–H and O–H groups in total. The van der Waals surface area contributed by atoms with Crippen LogP contribution in [-0.2, 0) is 14.8 Å². The van der Waals surface area contributed by atoms with Crippen LogP contribution in [0.3, 0.4) is 0 Å². The summed E-state index contributed by atoms with van der Waals surface area (Å²) in [6.07, 6.45) is 0.647. The van der Waals surface area contributed by atoms with E-state index in [0.717, 1.165) is 0 Å². The fourth-order valence-corrected chi connectivity index (χ4v) is 4.96. The van der Waals surface area contributed by atoms with Crippen LogP contribution in [0.1, 0.15) is 18.4 Å². The third-order valence-corrected chi connectivity index (χ3v) is 7.18. The molecule has 0 aromatic heterocycles. The summed E-state index contributed by atoms with van der Waals surface area (Å²) < 4.78 is 48.4. The number of ether oxygens (including phenoxy) is 4. The van der Waals surface area contributed by atoms with Crippen LogP contribution in [0.5, 0.6) is 23.0 Å². The van der Waals surface area contributed by atoms with Crippen LogP contribution in [0, 0.1) is 17.2 Å². The second kappa shape index (κ2) is 9.89. The van der Waals surface area contributed by atoms with Gasteiger partial charge in [0.25, 0.3) is 0 Å². The number of benzene rings is 2. The monoisotopic (exact) mass is 460 g/mol. The number of esters is 1. The molecule has 0 amide bonds. The van der Waals surface area contributed by atoms with E-state index in [0.29, 0.717) is 29.9 Å². The Bertz CT molecular complexity index is 1130. The molecule has 0 radical (unpaired) electrons. The van der Waals surface area contributed by atoms with E-state index in [1.165, 1.54) is 56.0 Å². The van der Waals surface area contributed by atoms with Gasteiger partial charge in [-0.15, -0.1) is 0 Å². The molecule has 0 atom stereocenters. The first-order valence-corrected chi connectivity index (χ1v) is 11.3. The largest absolute Gasteiger partial charge is 0.493 e. The van der Waals surface area contributed by atoms with E-state index in [-0.39, 0.29) is 29.5 Å². The summed E-state index contributed by atoms with van der Waals surface area (Å²) in [5, 5.41) is 8.98. The maximum Gasteiger partial charge on any atom is 0.314 e. The molecule has 0 spiro atoms. The Balaban J connectivity index is 1.67. The molecule has 0 unspecified atom stereocenters. The molecular weight excluding hydrogens is 436 g/mol. The van der Waals surface area contributed by atoms with Crippen LogP contribution in [0.15, 0.2) is 41.3 Å². The number of methoxy groups -OCH3 is 3. The smallest absolute Gasteiger partial charge is 0.314 e. The topological polar surface area (TPSA) is 115 Å². The Labute approximate surface area is 187 Å². The van der Waals surface area contributed by atoms with E-state index in [1.807, 2.05) is 6.07 Å². The lowest BCUT2D eigenvalue weighted by Crippen LogP contribution is -2.41. The first-order valence-electron chi connectivity index (χ1n) is 9.86. The molecule has 0 bridgehead atoms. The molecule has 2 aromatic rings. The summed E-state index contributed by atoms with van der Waals surface area (Å²) in [5.74, 6) is 0.348. The summed E-state index contributed by atoms with van der Waals surface area (Å²) >= 11 is 0. The second-order valence-electron chi connectivity index (χ2n) is 7.09. The molecule has 1 aliphatic rings. The third kappa shape index (κ3) is 4.79. The summed E-state index contributed by atoms with van der Waals surface area (Å²) in [6.45, 7) is 0.363. The number of sulfonamides is 1. The number of nitriles is 1. The van der Waals surface area contributed by atoms with E-state index in [9.17, 15) is 13.2 Å². The van der Waals surface area contributed by atoms with Crippen molar-refractivity contribution in [3.63, 3.8) is 0 Å². The van der Waals surface area contributed by atoms with Gasteiger partial charge in [-0.2, -0.15) is 9.57 Å². The zero-order valence-electron chi connectivity index (χ0n) is 18.0. The highest BCUT2D eigenvalue weighted by atomic mass is 32.2.